The first-order chi connectivity index (χ1) is 14.4. The van der Waals surface area contributed by atoms with Gasteiger partial charge in [0, 0.05) is 11.5 Å². The van der Waals surface area contributed by atoms with Crippen molar-refractivity contribution in [3.8, 4) is 11.7 Å². The molecule has 0 saturated carbocycles. The number of unbranched alkanes of at least 4 members (excludes halogenated alkanes) is 1. The molecule has 1 aromatic heterocycles. The molecule has 0 aliphatic heterocycles. The maximum Gasteiger partial charge on any atom is 0.270 e. The van der Waals surface area contributed by atoms with Crippen molar-refractivity contribution in [1.29, 1.82) is 5.26 Å². The number of ketones is 1. The van der Waals surface area contributed by atoms with Gasteiger partial charge in [0.25, 0.3) is 13.2 Å². The number of nitrogens with one attached hydrogen (secondary N) is 1. The highest BCUT2D eigenvalue weighted by Crippen LogP contribution is 2.12. The summed E-state index contributed by atoms with van der Waals surface area (Å²) < 4.78 is 5.71. The van der Waals surface area contributed by atoms with Crippen LogP contribution in [-0.4, -0.2) is 44.4 Å². The van der Waals surface area contributed by atoms with Gasteiger partial charge >= 0.3 is 0 Å². The van der Waals surface area contributed by atoms with Crippen LogP contribution in [0.2, 0.25) is 6.32 Å². The lowest BCUT2D eigenvalue weighted by Gasteiger charge is -2.19. The van der Waals surface area contributed by atoms with E-state index in [1.807, 2.05) is 25.0 Å². The number of aromatic nitrogens is 1. The molecule has 0 spiro atoms. The molecule has 6 nitrogen and oxygen atoms in total. The van der Waals surface area contributed by atoms with Crippen molar-refractivity contribution in [2.24, 2.45) is 0 Å². The number of pyridine rings is 1. The Hall–Kier alpha value is -2.64. The molecule has 1 N–H and O–H groups in total. The van der Waals surface area contributed by atoms with Crippen LogP contribution in [0, 0.1) is 18.2 Å². The second-order valence-corrected chi connectivity index (χ2v) is 7.45. The van der Waals surface area contributed by atoms with E-state index in [0.29, 0.717) is 30.4 Å². The van der Waals surface area contributed by atoms with Gasteiger partial charge in [0.1, 0.15) is 25.9 Å². The summed E-state index contributed by atoms with van der Waals surface area (Å²) in [5.74, 6) is 1.76. The minimum atomic E-state index is -0.722. The second-order valence-electron chi connectivity index (χ2n) is 6.83. The topological polar surface area (TPSA) is 92.1 Å². The van der Waals surface area contributed by atoms with Gasteiger partial charge in [-0.15, -0.1) is 9.24 Å². The van der Waals surface area contributed by atoms with E-state index >= 15 is 0 Å². The van der Waals surface area contributed by atoms with Gasteiger partial charge in [-0.2, -0.15) is 0 Å². The van der Waals surface area contributed by atoms with E-state index in [1.54, 1.807) is 18.2 Å². The van der Waals surface area contributed by atoms with Crippen LogP contribution >= 0.6 is 9.24 Å². The first-order valence-corrected chi connectivity index (χ1v) is 10.2. The minimum absolute atomic E-state index is 0.216. The summed E-state index contributed by atoms with van der Waals surface area (Å²) in [4.78, 5) is 29.3. The van der Waals surface area contributed by atoms with Crippen LogP contribution in [0.25, 0.3) is 0 Å². The molecular formula is C21H23B2N3O3P. The molecule has 2 aromatic rings. The number of nitrogens with zero attached hydrogens (tertiary/aromatic N) is 2. The van der Waals surface area contributed by atoms with E-state index in [-0.39, 0.29) is 18.1 Å². The number of nitriles is 1. The lowest BCUT2D eigenvalue weighted by atomic mass is 9.75. The predicted molar refractivity (Wildman–Crippen MR) is 122 cm³/mol. The Kier molecular flexibility index (Phi) is 9.57. The van der Waals surface area contributed by atoms with Gasteiger partial charge < -0.3 is 10.1 Å². The highest BCUT2D eigenvalue weighted by molar-refractivity contribution is 7.27. The maximum atomic E-state index is 12.8. The van der Waals surface area contributed by atoms with Crippen LogP contribution in [0.1, 0.15) is 35.3 Å². The fraction of sp³-hybridized carbons (Fsp3) is 0.333. The first-order valence-electron chi connectivity index (χ1n) is 9.67. The van der Waals surface area contributed by atoms with Crippen LogP contribution in [-0.2, 0) is 4.79 Å². The number of aryl methyl sites for hydroxylation is 1. The van der Waals surface area contributed by atoms with E-state index in [2.05, 4.69) is 19.5 Å². The lowest BCUT2D eigenvalue weighted by Crippen LogP contribution is -2.43. The predicted octanol–water partition coefficient (Wildman–Crippen LogP) is 1.20. The molecule has 1 aromatic carbocycles. The number of rotatable bonds is 11. The number of benzene rings is 1. The third kappa shape index (κ3) is 7.00. The Morgan fingerprint density at radius 1 is 1.33 bits per heavy atom. The van der Waals surface area contributed by atoms with Gasteiger partial charge in [-0.3, -0.25) is 14.6 Å². The quantitative estimate of drug-likeness (QED) is 0.337. The molecule has 0 aliphatic rings. The Morgan fingerprint density at radius 3 is 2.83 bits per heavy atom. The Balaban J connectivity index is 2.04. The van der Waals surface area contributed by atoms with Crippen molar-refractivity contribution in [3.63, 3.8) is 0 Å². The summed E-state index contributed by atoms with van der Waals surface area (Å²) in [6.45, 7) is 1.65. The molecule has 2 atom stereocenters. The molecule has 0 saturated heterocycles. The lowest BCUT2D eigenvalue weighted by molar-refractivity contribution is -0.123. The number of hydrogen-bond acceptors (Lipinski definition) is 5. The van der Waals surface area contributed by atoms with E-state index in [1.165, 1.54) is 13.5 Å². The van der Waals surface area contributed by atoms with Crippen molar-refractivity contribution in [2.75, 3.05) is 6.61 Å². The Bertz CT molecular complexity index is 920. The summed E-state index contributed by atoms with van der Waals surface area (Å²) in [6, 6.07) is 8.01. The van der Waals surface area contributed by atoms with Crippen LogP contribution in [0.15, 0.2) is 36.5 Å². The monoisotopic (exact) mass is 418 g/mol. The fourth-order valence-electron chi connectivity index (χ4n) is 2.82. The molecule has 2 rings (SSSR count). The molecule has 1 unspecified atom stereocenters. The largest absolute Gasteiger partial charge is 0.486 e. The van der Waals surface area contributed by atoms with Crippen molar-refractivity contribution in [1.82, 2.24) is 10.3 Å². The summed E-state index contributed by atoms with van der Waals surface area (Å²) in [5, 5.41) is 12.1. The van der Waals surface area contributed by atoms with Crippen molar-refractivity contribution >= 4 is 46.8 Å². The summed E-state index contributed by atoms with van der Waals surface area (Å²) >= 11 is 0. The third-order valence-corrected chi connectivity index (χ3v) is 5.03. The van der Waals surface area contributed by atoms with Gasteiger partial charge in [0.15, 0.2) is 5.78 Å². The number of carbonyl (C=O) groups is 2. The van der Waals surface area contributed by atoms with E-state index in [9.17, 15) is 9.59 Å². The number of carbonyl (C=O) groups excluding carboxylic acids is 2. The SMILES string of the molecule is [B]c1c(C)ccc(P)c1OCC(=O)[C@H](CCCC[B]C#N)NC(=O)c1ccccn1. The molecule has 9 heteroatoms. The van der Waals surface area contributed by atoms with E-state index in [4.69, 9.17) is 17.8 Å². The molecule has 3 radical (unpaired) electrons. The van der Waals surface area contributed by atoms with E-state index < -0.39 is 11.9 Å². The highest BCUT2D eigenvalue weighted by atomic mass is 31.0. The molecule has 1 amide bonds. The summed E-state index contributed by atoms with van der Waals surface area (Å²) in [6.07, 6.45) is 4.03. The van der Waals surface area contributed by atoms with Crippen LogP contribution in [0.3, 0.4) is 0 Å². The first kappa shape index (κ1) is 23.6. The Labute approximate surface area is 181 Å². The number of ether oxygens (including phenoxy) is 1. The average molecular weight is 418 g/mol. The number of amides is 1. The van der Waals surface area contributed by atoms with Gasteiger partial charge in [0.2, 0.25) is 0 Å². The number of hydrogen-bond donors (Lipinski definition) is 1. The van der Waals surface area contributed by atoms with Gasteiger partial charge in [-0.1, -0.05) is 48.4 Å². The standard InChI is InChI=1S/C21H23B2N3O3P/c1-14-8-9-18(30)20(19(14)22)29-12-17(27)15(6-2-4-10-23-13-24)26-21(28)16-7-3-5-11-25-16/h3,5,7-9,11,15H,2,4,6,10,12,30H2,1H3,(H,26,28)/t15-/m0/s1. The Morgan fingerprint density at radius 2 is 2.13 bits per heavy atom. The smallest absolute Gasteiger partial charge is 0.270 e. The molecule has 0 aliphatic carbocycles. The van der Waals surface area contributed by atoms with Crippen molar-refractivity contribution < 1.29 is 14.3 Å². The molecule has 30 heavy (non-hydrogen) atoms. The molecular weight excluding hydrogens is 395 g/mol. The molecule has 0 bridgehead atoms. The summed E-state index contributed by atoms with van der Waals surface area (Å²) in [5.41, 5.74) is 1.58. The molecule has 0 fully saturated rings. The van der Waals surface area contributed by atoms with Crippen LogP contribution < -0.4 is 20.8 Å². The fourth-order valence-corrected chi connectivity index (χ4v) is 3.16. The maximum absolute atomic E-state index is 12.8. The zero-order chi connectivity index (χ0) is 21.9. The molecule has 151 valence electrons. The number of Topliss-reactive ketones (excluding diaryl/α,β-unsaturated/α-hetero) is 1. The van der Waals surface area contributed by atoms with Crippen LogP contribution in [0.5, 0.6) is 5.75 Å². The average Bonchev–Trinajstić information content (AvgIpc) is 2.75. The second kappa shape index (κ2) is 12.1. The van der Waals surface area contributed by atoms with Gasteiger partial charge in [-0.05, 0) is 31.4 Å². The van der Waals surface area contributed by atoms with E-state index in [0.717, 1.165) is 17.3 Å². The zero-order valence-corrected chi connectivity index (χ0v) is 18.1. The molecule has 1 heterocycles. The van der Waals surface area contributed by atoms with Crippen molar-refractivity contribution in [2.45, 2.75) is 38.5 Å². The van der Waals surface area contributed by atoms with Gasteiger partial charge in [-0.25, -0.2) is 5.26 Å². The highest BCUT2D eigenvalue weighted by Gasteiger charge is 2.22. The third-order valence-electron chi connectivity index (χ3n) is 4.58. The van der Waals surface area contributed by atoms with Crippen LogP contribution in [0.4, 0.5) is 0 Å². The normalized spacial score (nSPS) is 11.2. The van der Waals surface area contributed by atoms with Crippen molar-refractivity contribution in [3.05, 3.63) is 47.8 Å². The van der Waals surface area contributed by atoms with Gasteiger partial charge in [0.05, 0.1) is 6.04 Å². The summed E-state index contributed by atoms with van der Waals surface area (Å²) in [7, 11) is 10.1. The zero-order valence-electron chi connectivity index (χ0n) is 16.9. The minimum Gasteiger partial charge on any atom is -0.486 e.